The monoisotopic (exact) mass is 285 g/mol. The van der Waals surface area contributed by atoms with Gasteiger partial charge in [-0.15, -0.1) is 0 Å². The first-order valence-electron chi connectivity index (χ1n) is 7.22. The molecule has 1 aromatic carbocycles. The van der Waals surface area contributed by atoms with E-state index in [2.05, 4.69) is 42.3 Å². The molecule has 0 aliphatic heterocycles. The summed E-state index contributed by atoms with van der Waals surface area (Å²) in [5.41, 5.74) is 5.22. The van der Waals surface area contributed by atoms with Crippen molar-refractivity contribution < 1.29 is 0 Å². The third-order valence-corrected chi connectivity index (χ3v) is 3.86. The maximum absolute atomic E-state index is 12.1. The molecule has 1 unspecified atom stereocenters. The zero-order valence-electron chi connectivity index (χ0n) is 13.4. The summed E-state index contributed by atoms with van der Waals surface area (Å²) in [5.74, 6) is 0. The number of likely N-dealkylation sites (N-methyl/N-ethyl adjacent to an activating group) is 1. The van der Waals surface area contributed by atoms with Gasteiger partial charge in [-0.3, -0.25) is 4.57 Å². The van der Waals surface area contributed by atoms with E-state index in [-0.39, 0.29) is 11.7 Å². The molecule has 1 N–H and O–H groups in total. The fourth-order valence-electron chi connectivity index (χ4n) is 2.74. The molecule has 0 aliphatic rings. The van der Waals surface area contributed by atoms with Crippen LogP contribution in [0.3, 0.4) is 0 Å². The highest BCUT2D eigenvalue weighted by Gasteiger charge is 2.15. The van der Waals surface area contributed by atoms with Gasteiger partial charge >= 0.3 is 5.69 Å². The van der Waals surface area contributed by atoms with Crippen LogP contribution in [0.15, 0.2) is 29.1 Å². The Morgan fingerprint density at radius 2 is 1.90 bits per heavy atom. The van der Waals surface area contributed by atoms with Crippen LogP contribution in [0.25, 0.3) is 0 Å². The third-order valence-electron chi connectivity index (χ3n) is 3.86. The van der Waals surface area contributed by atoms with Crippen LogP contribution >= 0.6 is 0 Å². The molecule has 0 amide bonds. The van der Waals surface area contributed by atoms with Gasteiger partial charge in [0.25, 0.3) is 0 Å². The summed E-state index contributed by atoms with van der Waals surface area (Å²) >= 11 is 0. The Morgan fingerprint density at radius 3 is 2.48 bits per heavy atom. The van der Waals surface area contributed by atoms with E-state index in [1.165, 1.54) is 16.7 Å². The quantitative estimate of drug-likeness (QED) is 0.938. The molecule has 2 aromatic rings. The van der Waals surface area contributed by atoms with Crippen LogP contribution < -0.4 is 11.0 Å². The lowest BCUT2D eigenvalue weighted by molar-refractivity contribution is 0.475. The molecular weight excluding hydrogens is 262 g/mol. The third kappa shape index (κ3) is 3.39. The fourth-order valence-corrected chi connectivity index (χ4v) is 2.74. The number of aromatic nitrogens is 2. The second kappa shape index (κ2) is 6.22. The van der Waals surface area contributed by atoms with Crippen LogP contribution in [-0.4, -0.2) is 16.6 Å². The lowest BCUT2D eigenvalue weighted by Crippen LogP contribution is -2.32. The first kappa shape index (κ1) is 15.4. The second-order valence-corrected chi connectivity index (χ2v) is 5.63. The van der Waals surface area contributed by atoms with Gasteiger partial charge in [0.05, 0.1) is 6.04 Å². The number of benzene rings is 1. The van der Waals surface area contributed by atoms with E-state index >= 15 is 0 Å². The zero-order valence-corrected chi connectivity index (χ0v) is 13.4. The molecule has 0 fully saturated rings. The van der Waals surface area contributed by atoms with Gasteiger partial charge in [-0.2, -0.15) is 4.98 Å². The number of aryl methyl sites for hydroxylation is 4. The maximum atomic E-state index is 12.1. The molecule has 4 nitrogen and oxygen atoms in total. The highest BCUT2D eigenvalue weighted by atomic mass is 16.1. The molecule has 0 saturated heterocycles. The molecule has 4 heteroatoms. The van der Waals surface area contributed by atoms with E-state index in [0.717, 1.165) is 11.4 Å². The lowest BCUT2D eigenvalue weighted by atomic mass is 9.99. The first-order valence-corrected chi connectivity index (χ1v) is 7.22. The standard InChI is InChI=1S/C17H23N3O/c1-11-6-7-15(12(2)8-11)16(18-5)10-20-14(4)9-13(3)19-17(20)21/h6-9,16,18H,10H2,1-5H3. The zero-order chi connectivity index (χ0) is 15.6. The minimum Gasteiger partial charge on any atom is -0.312 e. The van der Waals surface area contributed by atoms with Crippen LogP contribution in [0.1, 0.15) is 34.1 Å². The summed E-state index contributed by atoms with van der Waals surface area (Å²) in [4.78, 5) is 16.1. The smallest absolute Gasteiger partial charge is 0.312 e. The molecule has 0 bridgehead atoms. The number of rotatable bonds is 4. The van der Waals surface area contributed by atoms with Gasteiger partial charge < -0.3 is 5.32 Å². The Bertz CT molecular complexity index is 704. The molecule has 0 aliphatic carbocycles. The predicted molar refractivity (Wildman–Crippen MR) is 85.7 cm³/mol. The van der Waals surface area contributed by atoms with Gasteiger partial charge in [0, 0.05) is 17.9 Å². The molecule has 1 heterocycles. The molecule has 1 atom stereocenters. The Morgan fingerprint density at radius 1 is 1.19 bits per heavy atom. The van der Waals surface area contributed by atoms with Crippen molar-refractivity contribution in [2.75, 3.05) is 7.05 Å². The van der Waals surface area contributed by atoms with Gasteiger partial charge in [-0.1, -0.05) is 23.8 Å². The predicted octanol–water partition coefficient (Wildman–Crippen LogP) is 2.44. The first-order chi connectivity index (χ1) is 9.92. The van der Waals surface area contributed by atoms with Gasteiger partial charge in [0.15, 0.2) is 0 Å². The summed E-state index contributed by atoms with van der Waals surface area (Å²) < 4.78 is 1.73. The van der Waals surface area contributed by atoms with Crippen LogP contribution in [0.4, 0.5) is 0 Å². The number of nitrogens with one attached hydrogen (secondary N) is 1. The molecule has 112 valence electrons. The lowest BCUT2D eigenvalue weighted by Gasteiger charge is -2.21. The van der Waals surface area contributed by atoms with E-state index in [9.17, 15) is 4.79 Å². The van der Waals surface area contributed by atoms with Crippen molar-refractivity contribution in [3.8, 4) is 0 Å². The Kier molecular flexibility index (Phi) is 4.58. The molecule has 21 heavy (non-hydrogen) atoms. The number of hydrogen-bond acceptors (Lipinski definition) is 3. The Balaban J connectivity index is 2.38. The van der Waals surface area contributed by atoms with E-state index in [1.807, 2.05) is 27.0 Å². The summed E-state index contributed by atoms with van der Waals surface area (Å²) in [6.45, 7) is 8.57. The van der Waals surface area contributed by atoms with Crippen molar-refractivity contribution in [3.05, 3.63) is 62.8 Å². The van der Waals surface area contributed by atoms with Crippen LogP contribution in [0.5, 0.6) is 0 Å². The van der Waals surface area contributed by atoms with Gasteiger partial charge in [0.2, 0.25) is 0 Å². The van der Waals surface area contributed by atoms with Crippen molar-refractivity contribution in [2.24, 2.45) is 0 Å². The van der Waals surface area contributed by atoms with E-state index in [4.69, 9.17) is 0 Å². The molecule has 2 rings (SSSR count). The summed E-state index contributed by atoms with van der Waals surface area (Å²) in [7, 11) is 1.92. The normalized spacial score (nSPS) is 12.4. The van der Waals surface area contributed by atoms with Crippen molar-refractivity contribution >= 4 is 0 Å². The van der Waals surface area contributed by atoms with E-state index in [0.29, 0.717) is 6.54 Å². The second-order valence-electron chi connectivity index (χ2n) is 5.63. The molecule has 1 aromatic heterocycles. The topological polar surface area (TPSA) is 46.9 Å². The van der Waals surface area contributed by atoms with Gasteiger partial charge in [-0.25, -0.2) is 4.79 Å². The molecule has 0 spiro atoms. The highest BCUT2D eigenvalue weighted by molar-refractivity contribution is 5.32. The molecular formula is C17H23N3O. The van der Waals surface area contributed by atoms with E-state index < -0.39 is 0 Å². The van der Waals surface area contributed by atoms with Crippen molar-refractivity contribution in [1.29, 1.82) is 0 Å². The maximum Gasteiger partial charge on any atom is 0.348 e. The SMILES string of the molecule is CNC(Cn1c(C)cc(C)nc1=O)c1ccc(C)cc1C. The Hall–Kier alpha value is -1.94. The average molecular weight is 285 g/mol. The van der Waals surface area contributed by atoms with Crippen LogP contribution in [0.2, 0.25) is 0 Å². The fraction of sp³-hybridized carbons (Fsp3) is 0.412. The molecule has 0 radical (unpaired) electrons. The minimum atomic E-state index is -0.183. The van der Waals surface area contributed by atoms with Gasteiger partial charge in [-0.05, 0) is 51.9 Å². The summed E-state index contributed by atoms with van der Waals surface area (Å²) in [6, 6.07) is 8.44. The van der Waals surface area contributed by atoms with Crippen LogP contribution in [-0.2, 0) is 6.54 Å². The van der Waals surface area contributed by atoms with Crippen molar-refractivity contribution in [2.45, 2.75) is 40.3 Å². The minimum absolute atomic E-state index is 0.0894. The van der Waals surface area contributed by atoms with Crippen LogP contribution in [0, 0.1) is 27.7 Å². The van der Waals surface area contributed by atoms with Crippen molar-refractivity contribution in [1.82, 2.24) is 14.9 Å². The molecule has 0 saturated carbocycles. The summed E-state index contributed by atoms with van der Waals surface area (Å²) in [6.07, 6.45) is 0. The van der Waals surface area contributed by atoms with E-state index in [1.54, 1.807) is 4.57 Å². The van der Waals surface area contributed by atoms with Gasteiger partial charge in [0.1, 0.15) is 0 Å². The largest absolute Gasteiger partial charge is 0.348 e. The average Bonchev–Trinajstić information content (AvgIpc) is 2.39. The Labute approximate surface area is 125 Å². The van der Waals surface area contributed by atoms with Crippen molar-refractivity contribution in [3.63, 3.8) is 0 Å². The number of hydrogen-bond donors (Lipinski definition) is 1. The highest BCUT2D eigenvalue weighted by Crippen LogP contribution is 2.20. The summed E-state index contributed by atoms with van der Waals surface area (Å²) in [5, 5.41) is 3.31. The number of nitrogens with zero attached hydrogens (tertiary/aromatic N) is 2.